The third kappa shape index (κ3) is 2.02. The molecule has 1 aromatic carbocycles. The van der Waals surface area contributed by atoms with Crippen LogP contribution in [0.3, 0.4) is 0 Å². The molecular formula is C12H14O3. The van der Waals surface area contributed by atoms with Crippen molar-refractivity contribution in [3.63, 3.8) is 0 Å². The van der Waals surface area contributed by atoms with E-state index in [4.69, 9.17) is 4.74 Å². The Labute approximate surface area is 89.0 Å². The smallest absolute Gasteiger partial charge is 0.338 e. The summed E-state index contributed by atoms with van der Waals surface area (Å²) in [6.07, 6.45) is 0.343. The van der Waals surface area contributed by atoms with Crippen molar-refractivity contribution in [2.24, 2.45) is 0 Å². The Morgan fingerprint density at radius 3 is 2.73 bits per heavy atom. The molecule has 2 unspecified atom stereocenters. The van der Waals surface area contributed by atoms with E-state index in [1.807, 2.05) is 37.3 Å². The summed E-state index contributed by atoms with van der Waals surface area (Å²) in [5.41, 5.74) is 0.792. The van der Waals surface area contributed by atoms with E-state index in [0.29, 0.717) is 0 Å². The van der Waals surface area contributed by atoms with Gasteiger partial charge in [-0.2, -0.15) is 0 Å². The van der Waals surface area contributed by atoms with Crippen LogP contribution < -0.4 is 0 Å². The second-order valence-corrected chi connectivity index (χ2v) is 4.00. The fourth-order valence-electron chi connectivity index (χ4n) is 1.78. The average molecular weight is 206 g/mol. The van der Waals surface area contributed by atoms with Crippen LogP contribution in [0.15, 0.2) is 30.3 Å². The summed E-state index contributed by atoms with van der Waals surface area (Å²) >= 11 is 0. The van der Waals surface area contributed by atoms with Crippen LogP contribution in [-0.4, -0.2) is 24.8 Å². The Morgan fingerprint density at radius 2 is 2.13 bits per heavy atom. The molecule has 1 aromatic rings. The van der Waals surface area contributed by atoms with E-state index >= 15 is 0 Å². The van der Waals surface area contributed by atoms with Gasteiger partial charge in [-0.15, -0.1) is 0 Å². The molecule has 3 heteroatoms. The number of methoxy groups -OCH3 is 1. The van der Waals surface area contributed by atoms with Crippen LogP contribution in [0.1, 0.15) is 12.5 Å². The molecule has 80 valence electrons. The molecule has 0 bridgehead atoms. The van der Waals surface area contributed by atoms with E-state index in [-0.39, 0.29) is 11.6 Å². The van der Waals surface area contributed by atoms with Gasteiger partial charge in [-0.3, -0.25) is 0 Å². The van der Waals surface area contributed by atoms with Gasteiger partial charge in [-0.1, -0.05) is 30.3 Å². The van der Waals surface area contributed by atoms with Crippen molar-refractivity contribution >= 4 is 5.97 Å². The van der Waals surface area contributed by atoms with E-state index in [1.54, 1.807) is 0 Å². The van der Waals surface area contributed by atoms with Crippen molar-refractivity contribution in [3.05, 3.63) is 35.9 Å². The SMILES string of the molecule is COC(=O)C1OC1(C)Cc1ccccc1. The number of hydrogen-bond donors (Lipinski definition) is 0. The first-order valence-corrected chi connectivity index (χ1v) is 4.95. The molecule has 1 fully saturated rings. The van der Waals surface area contributed by atoms with Crippen molar-refractivity contribution in [1.82, 2.24) is 0 Å². The van der Waals surface area contributed by atoms with Crippen LogP contribution in [0.4, 0.5) is 0 Å². The number of carbonyl (C=O) groups excluding carboxylic acids is 1. The summed E-state index contributed by atoms with van der Waals surface area (Å²) in [4.78, 5) is 11.2. The molecule has 0 aromatic heterocycles. The summed E-state index contributed by atoms with van der Waals surface area (Å²) in [7, 11) is 1.38. The number of rotatable bonds is 3. The van der Waals surface area contributed by atoms with Crippen LogP contribution in [-0.2, 0) is 20.7 Å². The number of hydrogen-bond acceptors (Lipinski definition) is 3. The molecule has 0 aliphatic carbocycles. The third-order valence-corrected chi connectivity index (χ3v) is 2.70. The normalized spacial score (nSPS) is 28.5. The largest absolute Gasteiger partial charge is 0.467 e. The lowest BCUT2D eigenvalue weighted by atomic mass is 9.98. The zero-order valence-electron chi connectivity index (χ0n) is 8.90. The molecule has 2 atom stereocenters. The van der Waals surface area contributed by atoms with Crippen LogP contribution in [0.2, 0.25) is 0 Å². The zero-order valence-corrected chi connectivity index (χ0v) is 8.90. The highest BCUT2D eigenvalue weighted by Gasteiger charge is 2.57. The molecule has 0 radical (unpaired) electrons. The molecule has 1 aliphatic heterocycles. The van der Waals surface area contributed by atoms with Gasteiger partial charge >= 0.3 is 5.97 Å². The first-order valence-electron chi connectivity index (χ1n) is 4.95. The predicted molar refractivity (Wildman–Crippen MR) is 55.4 cm³/mol. The lowest BCUT2D eigenvalue weighted by molar-refractivity contribution is -0.142. The van der Waals surface area contributed by atoms with Gasteiger partial charge in [-0.25, -0.2) is 4.79 Å². The number of benzene rings is 1. The van der Waals surface area contributed by atoms with E-state index < -0.39 is 6.10 Å². The maximum absolute atomic E-state index is 11.2. The Bertz CT molecular complexity index is 360. The zero-order chi connectivity index (χ0) is 10.9. The van der Waals surface area contributed by atoms with Crippen LogP contribution in [0.5, 0.6) is 0 Å². The lowest BCUT2D eigenvalue weighted by Crippen LogP contribution is -2.21. The Kier molecular flexibility index (Phi) is 2.49. The van der Waals surface area contributed by atoms with Crippen LogP contribution >= 0.6 is 0 Å². The molecule has 3 nitrogen and oxygen atoms in total. The fraction of sp³-hybridized carbons (Fsp3) is 0.417. The van der Waals surface area contributed by atoms with Gasteiger partial charge in [0.25, 0.3) is 0 Å². The highest BCUT2D eigenvalue weighted by atomic mass is 16.6. The Balaban J connectivity index is 2.00. The quantitative estimate of drug-likeness (QED) is 0.556. The number of ether oxygens (including phenoxy) is 2. The van der Waals surface area contributed by atoms with Gasteiger partial charge in [0.15, 0.2) is 6.10 Å². The molecule has 2 rings (SSSR count). The average Bonchev–Trinajstić information content (AvgIpc) is 2.90. The van der Waals surface area contributed by atoms with Gasteiger partial charge in [0.2, 0.25) is 0 Å². The third-order valence-electron chi connectivity index (χ3n) is 2.70. The van der Waals surface area contributed by atoms with E-state index in [1.165, 1.54) is 12.7 Å². The fourth-order valence-corrected chi connectivity index (χ4v) is 1.78. The van der Waals surface area contributed by atoms with Crippen molar-refractivity contribution in [2.75, 3.05) is 7.11 Å². The van der Waals surface area contributed by atoms with Gasteiger partial charge < -0.3 is 9.47 Å². The minimum Gasteiger partial charge on any atom is -0.467 e. The molecule has 0 N–H and O–H groups in total. The van der Waals surface area contributed by atoms with Crippen molar-refractivity contribution < 1.29 is 14.3 Å². The molecular weight excluding hydrogens is 192 g/mol. The van der Waals surface area contributed by atoms with Gasteiger partial charge in [-0.05, 0) is 12.5 Å². The lowest BCUT2D eigenvalue weighted by Gasteiger charge is -2.05. The summed E-state index contributed by atoms with van der Waals surface area (Å²) in [6.45, 7) is 1.93. The van der Waals surface area contributed by atoms with E-state index in [2.05, 4.69) is 4.74 Å². The van der Waals surface area contributed by atoms with Gasteiger partial charge in [0.1, 0.15) is 5.60 Å². The van der Waals surface area contributed by atoms with Crippen LogP contribution in [0.25, 0.3) is 0 Å². The number of carbonyl (C=O) groups is 1. The van der Waals surface area contributed by atoms with Crippen molar-refractivity contribution in [2.45, 2.75) is 25.0 Å². The molecule has 0 spiro atoms. The Morgan fingerprint density at radius 1 is 1.47 bits per heavy atom. The topological polar surface area (TPSA) is 38.8 Å². The van der Waals surface area contributed by atoms with Crippen LogP contribution in [0, 0.1) is 0 Å². The number of epoxide rings is 1. The predicted octanol–water partition coefficient (Wildman–Crippen LogP) is 1.56. The molecule has 1 heterocycles. The summed E-state index contributed by atoms with van der Waals surface area (Å²) in [6, 6.07) is 9.99. The highest BCUT2D eigenvalue weighted by molar-refractivity contribution is 5.79. The summed E-state index contributed by atoms with van der Waals surface area (Å²) in [5, 5.41) is 0. The second kappa shape index (κ2) is 3.66. The first kappa shape index (κ1) is 10.2. The molecule has 0 amide bonds. The molecule has 1 saturated heterocycles. The summed E-state index contributed by atoms with van der Waals surface area (Å²) < 4.78 is 10.0. The molecule has 0 saturated carbocycles. The standard InChI is InChI=1S/C12H14O3/c1-12(10(15-12)11(13)14-2)8-9-6-4-3-5-7-9/h3-7,10H,8H2,1-2H3. The maximum Gasteiger partial charge on any atom is 0.338 e. The first-order chi connectivity index (χ1) is 7.15. The summed E-state index contributed by atoms with van der Waals surface area (Å²) in [5.74, 6) is -0.284. The molecule has 1 aliphatic rings. The minimum absolute atomic E-state index is 0.284. The van der Waals surface area contributed by atoms with Gasteiger partial charge in [0.05, 0.1) is 7.11 Å². The van der Waals surface area contributed by atoms with E-state index in [9.17, 15) is 4.79 Å². The second-order valence-electron chi connectivity index (χ2n) is 4.00. The van der Waals surface area contributed by atoms with E-state index in [0.717, 1.165) is 6.42 Å². The maximum atomic E-state index is 11.2. The number of esters is 1. The van der Waals surface area contributed by atoms with Crippen molar-refractivity contribution in [3.8, 4) is 0 Å². The molecule has 15 heavy (non-hydrogen) atoms. The highest BCUT2D eigenvalue weighted by Crippen LogP contribution is 2.39. The Hall–Kier alpha value is -1.35. The van der Waals surface area contributed by atoms with Gasteiger partial charge in [0, 0.05) is 6.42 Å². The minimum atomic E-state index is -0.400. The van der Waals surface area contributed by atoms with Crippen molar-refractivity contribution in [1.29, 1.82) is 0 Å². The monoisotopic (exact) mass is 206 g/mol.